The second-order valence-corrected chi connectivity index (χ2v) is 9.76. The van der Waals surface area contributed by atoms with Crippen LogP contribution in [0.25, 0.3) is 10.8 Å². The van der Waals surface area contributed by atoms with Gasteiger partial charge in [-0.05, 0) is 84.6 Å². The predicted molar refractivity (Wildman–Crippen MR) is 148 cm³/mol. The number of ether oxygens (including phenoxy) is 2. The first-order chi connectivity index (χ1) is 17.7. The lowest BCUT2D eigenvalue weighted by Crippen LogP contribution is -2.17. The van der Waals surface area contributed by atoms with Crippen LogP contribution in [0.15, 0.2) is 94.7 Å². The fourth-order valence-corrected chi connectivity index (χ4v) is 5.48. The third-order valence-electron chi connectivity index (χ3n) is 5.39. The smallest absolute Gasteiger partial charge is 0.118 e. The molecule has 8 heteroatoms. The summed E-state index contributed by atoms with van der Waals surface area (Å²) in [4.78, 5) is 2.00. The molecule has 0 aliphatic rings. The van der Waals surface area contributed by atoms with Crippen molar-refractivity contribution in [1.82, 2.24) is 0 Å². The topological polar surface area (TPSA) is 72.5 Å². The monoisotopic (exact) mass is 512 g/mol. The molecule has 0 spiro atoms. The van der Waals surface area contributed by atoms with Crippen molar-refractivity contribution in [3.05, 3.63) is 84.9 Å². The molecule has 6 nitrogen and oxygen atoms in total. The van der Waals surface area contributed by atoms with E-state index in [2.05, 4.69) is 24.3 Å². The van der Waals surface area contributed by atoms with Crippen molar-refractivity contribution in [2.75, 3.05) is 35.9 Å². The number of hydrogen-bond donors (Lipinski definition) is 0. The van der Waals surface area contributed by atoms with E-state index >= 15 is 0 Å². The lowest BCUT2D eigenvalue weighted by Gasteiger charge is -2.26. The number of anilines is 2. The molecule has 0 bridgehead atoms. The summed E-state index contributed by atoms with van der Waals surface area (Å²) in [5, 5.41) is 21.1. The normalized spacial score (nSPS) is 10.3. The lowest BCUT2D eigenvalue weighted by atomic mass is 10.1. The van der Waals surface area contributed by atoms with Crippen LogP contribution in [0.1, 0.15) is 0 Å². The number of hydrogen-bond acceptors (Lipinski definition) is 8. The zero-order valence-electron chi connectivity index (χ0n) is 19.9. The summed E-state index contributed by atoms with van der Waals surface area (Å²) in [7, 11) is 3.28. The van der Waals surface area contributed by atoms with Crippen molar-refractivity contribution in [3.8, 4) is 23.6 Å². The number of fused-ring (bicyclic) bond motifs is 1. The molecule has 0 unspecified atom stereocenters. The van der Waals surface area contributed by atoms with Gasteiger partial charge < -0.3 is 9.47 Å². The van der Waals surface area contributed by atoms with Gasteiger partial charge in [-0.25, -0.2) is 0 Å². The summed E-state index contributed by atoms with van der Waals surface area (Å²) in [5.74, 6) is 1.57. The standard InChI is InChI=1S/C28H24N4O2S2/c1-33-21-7-11-23(12-8-21)35-31(19-17-29)27-15-16-28(26-6-4-3-5-25(26)27)32(20-18-30)36-24-13-9-22(34-2)10-14-24/h3-16H,19-20H2,1-2H3. The van der Waals surface area contributed by atoms with Gasteiger partial charge in [0, 0.05) is 20.6 Å². The fraction of sp³-hybridized carbons (Fsp3) is 0.143. The first-order valence-electron chi connectivity index (χ1n) is 11.1. The highest BCUT2D eigenvalue weighted by atomic mass is 32.2. The minimum Gasteiger partial charge on any atom is -0.497 e. The van der Waals surface area contributed by atoms with E-state index in [1.54, 1.807) is 14.2 Å². The van der Waals surface area contributed by atoms with Crippen LogP contribution in [-0.2, 0) is 0 Å². The van der Waals surface area contributed by atoms with Crippen molar-refractivity contribution in [2.24, 2.45) is 0 Å². The van der Waals surface area contributed by atoms with Crippen LogP contribution in [0, 0.1) is 22.7 Å². The van der Waals surface area contributed by atoms with Gasteiger partial charge in [0.2, 0.25) is 0 Å². The van der Waals surface area contributed by atoms with E-state index in [9.17, 15) is 10.5 Å². The quantitative estimate of drug-likeness (QED) is 0.167. The van der Waals surface area contributed by atoms with Crippen LogP contribution in [0.5, 0.6) is 11.5 Å². The Morgan fingerprint density at radius 2 is 1.00 bits per heavy atom. The van der Waals surface area contributed by atoms with E-state index in [1.807, 2.05) is 81.4 Å². The average Bonchev–Trinajstić information content (AvgIpc) is 2.93. The van der Waals surface area contributed by atoms with Gasteiger partial charge in [0.05, 0.1) is 37.7 Å². The van der Waals surface area contributed by atoms with Crippen LogP contribution in [0.4, 0.5) is 11.4 Å². The molecule has 36 heavy (non-hydrogen) atoms. The van der Waals surface area contributed by atoms with Crippen LogP contribution >= 0.6 is 23.9 Å². The van der Waals surface area contributed by atoms with Crippen molar-refractivity contribution in [1.29, 1.82) is 10.5 Å². The van der Waals surface area contributed by atoms with E-state index in [0.717, 1.165) is 43.4 Å². The Morgan fingerprint density at radius 1 is 0.611 bits per heavy atom. The van der Waals surface area contributed by atoms with Crippen molar-refractivity contribution in [2.45, 2.75) is 9.79 Å². The summed E-state index contributed by atoms with van der Waals surface area (Å²) in [6.45, 7) is 0.422. The lowest BCUT2D eigenvalue weighted by molar-refractivity contribution is 0.414. The van der Waals surface area contributed by atoms with E-state index in [-0.39, 0.29) is 13.1 Å². The third kappa shape index (κ3) is 5.80. The number of benzene rings is 4. The Balaban J connectivity index is 1.71. The Morgan fingerprint density at radius 3 is 1.33 bits per heavy atom. The Bertz CT molecular complexity index is 1290. The molecule has 4 aromatic carbocycles. The van der Waals surface area contributed by atoms with Crippen molar-refractivity contribution < 1.29 is 9.47 Å². The minimum atomic E-state index is 0.211. The van der Waals surface area contributed by atoms with Gasteiger partial charge in [-0.15, -0.1) is 0 Å². The van der Waals surface area contributed by atoms with E-state index < -0.39 is 0 Å². The summed E-state index contributed by atoms with van der Waals surface area (Å²) >= 11 is 3.01. The molecule has 0 aliphatic heterocycles. The molecule has 0 heterocycles. The molecular formula is C28H24N4O2S2. The van der Waals surface area contributed by atoms with Gasteiger partial charge in [-0.1, -0.05) is 24.3 Å². The van der Waals surface area contributed by atoms with E-state index in [1.165, 1.54) is 23.9 Å². The molecule has 4 aromatic rings. The molecule has 4 rings (SSSR count). The van der Waals surface area contributed by atoms with Gasteiger partial charge in [-0.2, -0.15) is 10.5 Å². The van der Waals surface area contributed by atoms with Crippen LogP contribution < -0.4 is 18.1 Å². The molecule has 0 saturated heterocycles. The van der Waals surface area contributed by atoms with Gasteiger partial charge in [-0.3, -0.25) is 8.61 Å². The van der Waals surface area contributed by atoms with Crippen LogP contribution in [0.2, 0.25) is 0 Å². The molecular weight excluding hydrogens is 488 g/mol. The van der Waals surface area contributed by atoms with Gasteiger partial charge in [0.15, 0.2) is 0 Å². The minimum absolute atomic E-state index is 0.211. The second kappa shape index (κ2) is 12.1. The molecule has 0 amide bonds. The number of rotatable bonds is 10. The maximum absolute atomic E-state index is 9.56. The average molecular weight is 513 g/mol. The Kier molecular flexibility index (Phi) is 8.46. The van der Waals surface area contributed by atoms with Gasteiger partial charge in [0.1, 0.15) is 24.6 Å². The van der Waals surface area contributed by atoms with E-state index in [4.69, 9.17) is 9.47 Å². The largest absolute Gasteiger partial charge is 0.497 e. The highest BCUT2D eigenvalue weighted by Gasteiger charge is 2.18. The summed E-state index contributed by atoms with van der Waals surface area (Å²) in [6.07, 6.45) is 0. The molecule has 0 saturated carbocycles. The molecule has 0 N–H and O–H groups in total. The molecule has 0 aliphatic carbocycles. The zero-order valence-corrected chi connectivity index (χ0v) is 21.6. The SMILES string of the molecule is COc1ccc(SN(CC#N)c2ccc(N(CC#N)Sc3ccc(OC)cc3)c3ccccc23)cc1. The first kappa shape index (κ1) is 25.1. The van der Waals surface area contributed by atoms with Crippen molar-refractivity contribution >= 4 is 46.0 Å². The third-order valence-corrected chi connectivity index (χ3v) is 7.45. The van der Waals surface area contributed by atoms with Gasteiger partial charge >= 0.3 is 0 Å². The van der Waals surface area contributed by atoms with Crippen LogP contribution in [0.3, 0.4) is 0 Å². The van der Waals surface area contributed by atoms with Crippen LogP contribution in [-0.4, -0.2) is 27.3 Å². The molecule has 180 valence electrons. The predicted octanol–water partition coefficient (Wildman–Crippen LogP) is 6.93. The molecule has 0 radical (unpaired) electrons. The highest BCUT2D eigenvalue weighted by Crippen LogP contribution is 2.41. The number of nitrogens with zero attached hydrogens (tertiary/aromatic N) is 4. The van der Waals surface area contributed by atoms with Gasteiger partial charge in [0.25, 0.3) is 0 Å². The first-order valence-corrected chi connectivity index (χ1v) is 12.7. The maximum Gasteiger partial charge on any atom is 0.118 e. The summed E-state index contributed by atoms with van der Waals surface area (Å²) in [5.41, 5.74) is 1.87. The van der Waals surface area contributed by atoms with Crippen molar-refractivity contribution in [3.63, 3.8) is 0 Å². The molecule has 0 atom stereocenters. The molecule has 0 aromatic heterocycles. The summed E-state index contributed by atoms with van der Waals surface area (Å²) in [6, 6.07) is 32.2. The zero-order chi connectivity index (χ0) is 25.3. The second-order valence-electron chi connectivity index (χ2n) is 7.57. The number of nitriles is 2. The Labute approximate surface area is 219 Å². The highest BCUT2D eigenvalue weighted by molar-refractivity contribution is 8.01. The molecule has 0 fully saturated rings. The maximum atomic E-state index is 9.56. The number of methoxy groups -OCH3 is 2. The fourth-order valence-electron chi connectivity index (χ4n) is 3.69. The Hall–Kier alpha value is -3.98. The van der Waals surface area contributed by atoms with E-state index in [0.29, 0.717) is 0 Å². The summed E-state index contributed by atoms with van der Waals surface area (Å²) < 4.78 is 14.5.